The Morgan fingerprint density at radius 1 is 1.15 bits per heavy atom. The van der Waals surface area contributed by atoms with Crippen molar-refractivity contribution < 1.29 is 13.9 Å². The van der Waals surface area contributed by atoms with Gasteiger partial charge in [-0.3, -0.25) is 4.79 Å². The van der Waals surface area contributed by atoms with Gasteiger partial charge in [-0.2, -0.15) is 0 Å². The highest BCUT2D eigenvalue weighted by Crippen LogP contribution is 2.16. The van der Waals surface area contributed by atoms with Crippen molar-refractivity contribution in [3.05, 3.63) is 69.9 Å². The molecule has 0 aliphatic heterocycles. The summed E-state index contributed by atoms with van der Waals surface area (Å²) in [5, 5.41) is 0. The fraction of sp³-hybridized carbons (Fsp3) is 0.188. The molecule has 0 atom stereocenters. The molecule has 0 N–H and O–H groups in total. The van der Waals surface area contributed by atoms with Crippen LogP contribution in [0.5, 0.6) is 0 Å². The van der Waals surface area contributed by atoms with Gasteiger partial charge in [-0.25, -0.2) is 4.39 Å². The van der Waals surface area contributed by atoms with Gasteiger partial charge >= 0.3 is 5.97 Å². The number of carbonyl (C=O) groups excluding carboxylic acids is 1. The van der Waals surface area contributed by atoms with Crippen LogP contribution in [0.15, 0.2) is 53.0 Å². The number of aryl methyl sites for hydroxylation is 1. The highest BCUT2D eigenvalue weighted by molar-refractivity contribution is 9.10. The molecular weight excluding hydrogens is 323 g/mol. The minimum atomic E-state index is -0.323. The number of esters is 1. The minimum absolute atomic E-state index is 0.172. The van der Waals surface area contributed by atoms with Crippen LogP contribution in [-0.2, 0) is 22.6 Å². The van der Waals surface area contributed by atoms with E-state index in [-0.39, 0.29) is 24.8 Å². The lowest BCUT2D eigenvalue weighted by Gasteiger charge is -2.06. The van der Waals surface area contributed by atoms with Crippen molar-refractivity contribution in [3.8, 4) is 0 Å². The van der Waals surface area contributed by atoms with E-state index in [4.69, 9.17) is 4.74 Å². The first-order valence-electron chi connectivity index (χ1n) is 6.28. The Hall–Kier alpha value is -1.68. The van der Waals surface area contributed by atoms with Gasteiger partial charge in [0.05, 0.1) is 0 Å². The first kappa shape index (κ1) is 14.7. The lowest BCUT2D eigenvalue weighted by Crippen LogP contribution is -2.06. The van der Waals surface area contributed by atoms with Crippen LogP contribution >= 0.6 is 15.9 Å². The molecule has 0 radical (unpaired) electrons. The average Bonchev–Trinajstić information content (AvgIpc) is 2.45. The zero-order valence-electron chi connectivity index (χ0n) is 10.8. The van der Waals surface area contributed by atoms with Gasteiger partial charge in [0.1, 0.15) is 12.4 Å². The van der Waals surface area contributed by atoms with Crippen LogP contribution in [0.4, 0.5) is 4.39 Å². The second kappa shape index (κ2) is 7.20. The second-order valence-corrected chi connectivity index (χ2v) is 5.30. The summed E-state index contributed by atoms with van der Waals surface area (Å²) in [6.45, 7) is 0.252. The largest absolute Gasteiger partial charge is 0.461 e. The van der Waals surface area contributed by atoms with E-state index in [0.29, 0.717) is 16.5 Å². The van der Waals surface area contributed by atoms with Crippen molar-refractivity contribution >= 4 is 21.9 Å². The highest BCUT2D eigenvalue weighted by atomic mass is 79.9. The fourth-order valence-corrected chi connectivity index (χ4v) is 2.10. The molecule has 2 rings (SSSR count). The van der Waals surface area contributed by atoms with Crippen molar-refractivity contribution in [2.75, 3.05) is 0 Å². The van der Waals surface area contributed by atoms with Gasteiger partial charge in [-0.05, 0) is 29.7 Å². The Morgan fingerprint density at radius 3 is 2.60 bits per heavy atom. The summed E-state index contributed by atoms with van der Waals surface area (Å²) in [4.78, 5) is 11.6. The normalized spacial score (nSPS) is 10.3. The Balaban J connectivity index is 1.80. The topological polar surface area (TPSA) is 26.3 Å². The third-order valence-electron chi connectivity index (χ3n) is 2.86. The molecule has 0 unspecified atom stereocenters. The van der Waals surface area contributed by atoms with E-state index in [2.05, 4.69) is 15.9 Å². The zero-order chi connectivity index (χ0) is 14.4. The van der Waals surface area contributed by atoms with E-state index in [0.717, 1.165) is 5.56 Å². The quantitative estimate of drug-likeness (QED) is 0.762. The number of carbonyl (C=O) groups is 1. The average molecular weight is 337 g/mol. The second-order valence-electron chi connectivity index (χ2n) is 4.38. The molecule has 104 valence electrons. The summed E-state index contributed by atoms with van der Waals surface area (Å²) in [7, 11) is 0. The first-order chi connectivity index (χ1) is 9.65. The highest BCUT2D eigenvalue weighted by Gasteiger charge is 2.08. The Bertz CT molecular complexity index is 584. The third-order valence-corrected chi connectivity index (χ3v) is 3.35. The molecule has 0 aliphatic rings. The van der Waals surface area contributed by atoms with Crippen LogP contribution in [0, 0.1) is 5.82 Å². The molecule has 0 amide bonds. The number of rotatable bonds is 5. The van der Waals surface area contributed by atoms with Crippen LogP contribution in [0.25, 0.3) is 0 Å². The summed E-state index contributed by atoms with van der Waals surface area (Å²) in [5.41, 5.74) is 1.46. The number of hydrogen-bond acceptors (Lipinski definition) is 2. The minimum Gasteiger partial charge on any atom is -0.461 e. The van der Waals surface area contributed by atoms with Crippen molar-refractivity contribution in [2.24, 2.45) is 0 Å². The SMILES string of the molecule is O=C(CCc1ccc(Br)cc1F)OCc1ccccc1. The molecule has 0 heterocycles. The maximum absolute atomic E-state index is 13.6. The number of halogens is 2. The molecule has 0 bridgehead atoms. The monoisotopic (exact) mass is 336 g/mol. The van der Waals surface area contributed by atoms with Crippen molar-refractivity contribution in [3.63, 3.8) is 0 Å². The molecule has 2 aromatic carbocycles. The van der Waals surface area contributed by atoms with Gasteiger partial charge in [0.15, 0.2) is 0 Å². The van der Waals surface area contributed by atoms with Crippen LogP contribution in [0.3, 0.4) is 0 Å². The van der Waals surface area contributed by atoms with E-state index < -0.39 is 0 Å². The van der Waals surface area contributed by atoms with E-state index in [1.807, 2.05) is 30.3 Å². The molecule has 20 heavy (non-hydrogen) atoms. The van der Waals surface area contributed by atoms with Crippen molar-refractivity contribution in [1.29, 1.82) is 0 Å². The van der Waals surface area contributed by atoms with Gasteiger partial charge in [0.25, 0.3) is 0 Å². The van der Waals surface area contributed by atoms with Gasteiger partial charge in [0, 0.05) is 10.9 Å². The predicted molar refractivity (Wildman–Crippen MR) is 78.7 cm³/mol. The van der Waals surface area contributed by atoms with Crippen LogP contribution < -0.4 is 0 Å². The molecule has 0 spiro atoms. The molecule has 0 fully saturated rings. The maximum Gasteiger partial charge on any atom is 0.306 e. The lowest BCUT2D eigenvalue weighted by atomic mass is 10.1. The van der Waals surface area contributed by atoms with E-state index in [1.54, 1.807) is 12.1 Å². The summed E-state index contributed by atoms with van der Waals surface area (Å²) in [6, 6.07) is 14.3. The van der Waals surface area contributed by atoms with Crippen molar-refractivity contribution in [2.45, 2.75) is 19.4 Å². The summed E-state index contributed by atoms with van der Waals surface area (Å²) < 4.78 is 19.4. The van der Waals surface area contributed by atoms with Gasteiger partial charge < -0.3 is 4.74 Å². The first-order valence-corrected chi connectivity index (χ1v) is 7.08. The molecule has 0 saturated heterocycles. The lowest BCUT2D eigenvalue weighted by molar-refractivity contribution is -0.144. The molecular formula is C16H14BrFO2. The Labute approximate surface area is 125 Å². The zero-order valence-corrected chi connectivity index (χ0v) is 12.4. The van der Waals surface area contributed by atoms with Gasteiger partial charge in [0.2, 0.25) is 0 Å². The number of benzene rings is 2. The summed E-state index contributed by atoms with van der Waals surface area (Å²) in [6.07, 6.45) is 0.512. The molecule has 4 heteroatoms. The molecule has 0 saturated carbocycles. The number of ether oxygens (including phenoxy) is 1. The van der Waals surface area contributed by atoms with Gasteiger partial charge in [-0.1, -0.05) is 52.3 Å². The van der Waals surface area contributed by atoms with Crippen LogP contribution in [-0.4, -0.2) is 5.97 Å². The maximum atomic E-state index is 13.6. The Morgan fingerprint density at radius 2 is 1.90 bits per heavy atom. The third kappa shape index (κ3) is 4.46. The summed E-state index contributed by atoms with van der Waals surface area (Å²) >= 11 is 3.20. The molecule has 0 aliphatic carbocycles. The molecule has 2 nitrogen and oxygen atoms in total. The van der Waals surface area contributed by atoms with Crippen LogP contribution in [0.2, 0.25) is 0 Å². The Kier molecular flexibility index (Phi) is 5.30. The molecule has 2 aromatic rings. The summed E-state index contributed by atoms with van der Waals surface area (Å²) in [5.74, 6) is -0.633. The van der Waals surface area contributed by atoms with E-state index in [9.17, 15) is 9.18 Å². The predicted octanol–water partition coefficient (Wildman–Crippen LogP) is 4.26. The fourth-order valence-electron chi connectivity index (χ4n) is 1.77. The van der Waals surface area contributed by atoms with E-state index >= 15 is 0 Å². The van der Waals surface area contributed by atoms with Crippen molar-refractivity contribution in [1.82, 2.24) is 0 Å². The van der Waals surface area contributed by atoms with Gasteiger partial charge in [-0.15, -0.1) is 0 Å². The smallest absolute Gasteiger partial charge is 0.306 e. The standard InChI is InChI=1S/C16H14BrFO2/c17-14-8-6-13(15(18)10-14)7-9-16(19)20-11-12-4-2-1-3-5-12/h1-6,8,10H,7,9,11H2. The van der Waals surface area contributed by atoms with E-state index in [1.165, 1.54) is 6.07 Å². The molecule has 0 aromatic heterocycles. The van der Waals surface area contributed by atoms with Crippen LogP contribution in [0.1, 0.15) is 17.5 Å². The number of hydrogen-bond donors (Lipinski definition) is 0.